The first-order valence-electron chi connectivity index (χ1n) is 8.40. The van der Waals surface area contributed by atoms with E-state index in [1.807, 2.05) is 6.92 Å². The number of ether oxygens (including phenoxy) is 1. The van der Waals surface area contributed by atoms with Crippen molar-refractivity contribution >= 4 is 10.0 Å². The Labute approximate surface area is 152 Å². The quantitative estimate of drug-likeness (QED) is 0.809. The van der Waals surface area contributed by atoms with E-state index in [0.717, 1.165) is 5.56 Å². The van der Waals surface area contributed by atoms with Crippen LogP contribution in [-0.2, 0) is 10.0 Å². The summed E-state index contributed by atoms with van der Waals surface area (Å²) in [4.78, 5) is 0.155. The molecule has 1 aliphatic rings. The van der Waals surface area contributed by atoms with Crippen molar-refractivity contribution < 1.29 is 22.7 Å². The first-order valence-corrected chi connectivity index (χ1v) is 9.89. The minimum Gasteiger partial charge on any atom is -0.494 e. The number of rotatable bonds is 6. The summed E-state index contributed by atoms with van der Waals surface area (Å²) in [7, 11) is -2.40. The van der Waals surface area contributed by atoms with Gasteiger partial charge in [-0.05, 0) is 55.5 Å². The van der Waals surface area contributed by atoms with Gasteiger partial charge >= 0.3 is 0 Å². The van der Waals surface area contributed by atoms with E-state index < -0.39 is 28.0 Å². The van der Waals surface area contributed by atoms with Gasteiger partial charge in [-0.15, -0.1) is 0 Å². The first-order chi connectivity index (χ1) is 12.3. The zero-order valence-electron chi connectivity index (χ0n) is 14.6. The SMILES string of the molecule is COc1ccc([C@@H](NS(=O)(=O)c2ccc(C)cc2)C2CC(O)C2)cc1F. The molecule has 1 atom stereocenters. The number of hydrogen-bond acceptors (Lipinski definition) is 4. The second kappa shape index (κ2) is 7.34. The van der Waals surface area contributed by atoms with Crippen LogP contribution < -0.4 is 9.46 Å². The number of methoxy groups -OCH3 is 1. The van der Waals surface area contributed by atoms with Crippen LogP contribution in [0.5, 0.6) is 5.75 Å². The fourth-order valence-electron chi connectivity index (χ4n) is 3.17. The molecular formula is C19H22FNO4S. The largest absolute Gasteiger partial charge is 0.494 e. The maximum atomic E-state index is 14.1. The maximum Gasteiger partial charge on any atom is 0.241 e. The lowest BCUT2D eigenvalue weighted by Crippen LogP contribution is -2.41. The van der Waals surface area contributed by atoms with Crippen LogP contribution in [0.2, 0.25) is 0 Å². The minimum atomic E-state index is -3.78. The molecular weight excluding hydrogens is 357 g/mol. The second-order valence-corrected chi connectivity index (χ2v) is 8.41. The van der Waals surface area contributed by atoms with Crippen molar-refractivity contribution in [1.82, 2.24) is 4.72 Å². The lowest BCUT2D eigenvalue weighted by atomic mass is 9.75. The Morgan fingerprint density at radius 3 is 2.38 bits per heavy atom. The molecule has 5 nitrogen and oxygen atoms in total. The van der Waals surface area contributed by atoms with Crippen molar-refractivity contribution in [2.75, 3.05) is 7.11 Å². The number of aryl methyl sites for hydroxylation is 1. The zero-order chi connectivity index (χ0) is 18.9. The fourth-order valence-corrected chi connectivity index (χ4v) is 4.46. The standard InChI is InChI=1S/C19H22FNO4S/c1-12-3-6-16(7-4-12)26(23,24)21-19(14-9-15(22)10-14)13-5-8-18(25-2)17(20)11-13/h3-8,11,14-15,19,21-22H,9-10H2,1-2H3/t14?,15?,19-/m1/s1. The number of hydrogen-bond donors (Lipinski definition) is 2. The molecule has 3 rings (SSSR count). The van der Waals surface area contributed by atoms with Crippen molar-refractivity contribution in [2.24, 2.45) is 5.92 Å². The molecule has 0 aromatic heterocycles. The van der Waals surface area contributed by atoms with Gasteiger partial charge in [-0.25, -0.2) is 17.5 Å². The van der Waals surface area contributed by atoms with Crippen molar-refractivity contribution in [1.29, 1.82) is 0 Å². The monoisotopic (exact) mass is 379 g/mol. The van der Waals surface area contributed by atoms with Crippen molar-refractivity contribution in [3.8, 4) is 5.75 Å². The summed E-state index contributed by atoms with van der Waals surface area (Å²) in [6, 6.07) is 10.3. The molecule has 0 unspecified atom stereocenters. The molecule has 0 saturated heterocycles. The Kier molecular flexibility index (Phi) is 5.32. The number of benzene rings is 2. The number of aliphatic hydroxyl groups excluding tert-OH is 1. The normalized spacial score (nSPS) is 21.1. The average Bonchev–Trinajstić information content (AvgIpc) is 2.57. The highest BCUT2D eigenvalue weighted by Gasteiger charge is 2.37. The van der Waals surface area contributed by atoms with E-state index in [1.165, 1.54) is 19.2 Å². The third-order valence-electron chi connectivity index (χ3n) is 4.77. The van der Waals surface area contributed by atoms with Gasteiger partial charge in [0.2, 0.25) is 10.0 Å². The third-order valence-corrected chi connectivity index (χ3v) is 6.23. The first kappa shape index (κ1) is 18.8. The summed E-state index contributed by atoms with van der Waals surface area (Å²) in [6.45, 7) is 1.88. The summed E-state index contributed by atoms with van der Waals surface area (Å²) in [5.41, 5.74) is 1.47. The Morgan fingerprint density at radius 2 is 1.85 bits per heavy atom. The number of aliphatic hydroxyl groups is 1. The van der Waals surface area contributed by atoms with Crippen LogP contribution >= 0.6 is 0 Å². The summed E-state index contributed by atoms with van der Waals surface area (Å²) in [5, 5.41) is 9.63. The van der Waals surface area contributed by atoms with E-state index in [2.05, 4.69) is 4.72 Å². The minimum absolute atomic E-state index is 0.0991. The molecule has 0 radical (unpaired) electrons. The van der Waals surface area contributed by atoms with Crippen molar-refractivity contribution in [3.05, 3.63) is 59.4 Å². The van der Waals surface area contributed by atoms with Gasteiger partial charge in [0.05, 0.1) is 24.2 Å². The van der Waals surface area contributed by atoms with Crippen LogP contribution in [0, 0.1) is 18.7 Å². The molecule has 0 amide bonds. The van der Waals surface area contributed by atoms with Gasteiger partial charge in [0.15, 0.2) is 11.6 Å². The fraction of sp³-hybridized carbons (Fsp3) is 0.368. The molecule has 2 aromatic rings. The van der Waals surface area contributed by atoms with Crippen LogP contribution in [0.3, 0.4) is 0 Å². The molecule has 0 heterocycles. The van der Waals surface area contributed by atoms with Crippen LogP contribution in [0.1, 0.15) is 30.0 Å². The second-order valence-electron chi connectivity index (χ2n) is 6.69. The molecule has 2 N–H and O–H groups in total. The summed E-state index contributed by atoms with van der Waals surface area (Å²) >= 11 is 0. The number of sulfonamides is 1. The Bertz CT molecular complexity index is 877. The van der Waals surface area contributed by atoms with Crippen LogP contribution in [0.25, 0.3) is 0 Å². The average molecular weight is 379 g/mol. The molecule has 26 heavy (non-hydrogen) atoms. The summed E-state index contributed by atoms with van der Waals surface area (Å²) < 4.78 is 47.3. The van der Waals surface area contributed by atoms with Crippen molar-refractivity contribution in [3.63, 3.8) is 0 Å². The van der Waals surface area contributed by atoms with E-state index in [-0.39, 0.29) is 16.6 Å². The predicted molar refractivity (Wildman–Crippen MR) is 95.9 cm³/mol. The molecule has 1 fully saturated rings. The molecule has 2 aromatic carbocycles. The molecule has 0 aliphatic heterocycles. The highest BCUT2D eigenvalue weighted by atomic mass is 32.2. The van der Waals surface area contributed by atoms with E-state index in [9.17, 15) is 17.9 Å². The molecule has 0 bridgehead atoms. The molecule has 1 aliphatic carbocycles. The molecule has 1 saturated carbocycles. The van der Waals surface area contributed by atoms with Gasteiger partial charge in [0.1, 0.15) is 0 Å². The topological polar surface area (TPSA) is 75.6 Å². The van der Waals surface area contributed by atoms with Crippen molar-refractivity contribution in [2.45, 2.75) is 36.8 Å². The van der Waals surface area contributed by atoms with E-state index in [4.69, 9.17) is 4.74 Å². The van der Waals surface area contributed by atoms with Gasteiger partial charge in [-0.2, -0.15) is 0 Å². The molecule has 7 heteroatoms. The van der Waals surface area contributed by atoms with Gasteiger partial charge in [-0.3, -0.25) is 0 Å². The Morgan fingerprint density at radius 1 is 1.19 bits per heavy atom. The van der Waals surface area contributed by atoms with Gasteiger partial charge in [0.25, 0.3) is 0 Å². The number of halogens is 1. The maximum absolute atomic E-state index is 14.1. The van der Waals surface area contributed by atoms with Crippen LogP contribution in [0.4, 0.5) is 4.39 Å². The summed E-state index contributed by atoms with van der Waals surface area (Å²) in [5.74, 6) is -0.551. The highest BCUT2D eigenvalue weighted by molar-refractivity contribution is 7.89. The number of nitrogens with one attached hydrogen (secondary N) is 1. The molecule has 140 valence electrons. The lowest BCUT2D eigenvalue weighted by molar-refractivity contribution is 0.0279. The van der Waals surface area contributed by atoms with E-state index in [0.29, 0.717) is 18.4 Å². The predicted octanol–water partition coefficient (Wildman–Crippen LogP) is 2.93. The van der Waals surface area contributed by atoms with E-state index >= 15 is 0 Å². The van der Waals surface area contributed by atoms with Gasteiger partial charge in [-0.1, -0.05) is 23.8 Å². The molecule has 0 spiro atoms. The van der Waals surface area contributed by atoms with Gasteiger partial charge < -0.3 is 9.84 Å². The van der Waals surface area contributed by atoms with Gasteiger partial charge in [0, 0.05) is 0 Å². The summed E-state index contributed by atoms with van der Waals surface area (Å²) in [6.07, 6.45) is 0.484. The van der Waals surface area contributed by atoms with E-state index in [1.54, 1.807) is 30.3 Å². The van der Waals surface area contributed by atoms with Crippen LogP contribution in [-0.4, -0.2) is 26.7 Å². The zero-order valence-corrected chi connectivity index (χ0v) is 15.5. The Hall–Kier alpha value is -1.96. The smallest absolute Gasteiger partial charge is 0.241 e. The Balaban J connectivity index is 1.92. The third kappa shape index (κ3) is 3.90. The lowest BCUT2D eigenvalue weighted by Gasteiger charge is -2.38. The van der Waals surface area contributed by atoms with Crippen LogP contribution in [0.15, 0.2) is 47.4 Å². The highest BCUT2D eigenvalue weighted by Crippen LogP contribution is 2.39.